The van der Waals surface area contributed by atoms with E-state index in [1.807, 2.05) is 0 Å². The molecule has 1 aromatic heterocycles. The van der Waals surface area contributed by atoms with E-state index in [0.29, 0.717) is 4.90 Å². The minimum absolute atomic E-state index is 0.0401. The van der Waals surface area contributed by atoms with Crippen LogP contribution in [0.3, 0.4) is 0 Å². The molecule has 1 atom stereocenters. The first kappa shape index (κ1) is 18.8. The third kappa shape index (κ3) is 3.75. The Morgan fingerprint density at radius 3 is 2.38 bits per heavy atom. The van der Waals surface area contributed by atoms with Gasteiger partial charge < -0.3 is 9.84 Å². The summed E-state index contributed by atoms with van der Waals surface area (Å²) in [6.07, 6.45) is -5.85. The standard InChI is InChI=1S/C13H15F3IN3O4/c1-12(2,3)24-11(23)19-4-6-8(10(21)22)9(17)18-20(6)5-7(19)13(14,15)16/h7H,4-5H2,1-3H3,(H,21,22). The number of carboxylic acid groups (broad SMARTS) is 1. The number of amides is 1. The van der Waals surface area contributed by atoms with Crippen LogP contribution in [0, 0.1) is 3.70 Å². The van der Waals surface area contributed by atoms with Crippen molar-refractivity contribution in [2.45, 2.75) is 51.7 Å². The van der Waals surface area contributed by atoms with E-state index >= 15 is 0 Å². The first-order valence-corrected chi connectivity index (χ1v) is 7.94. The second-order valence-electron chi connectivity index (χ2n) is 6.27. The van der Waals surface area contributed by atoms with E-state index < -0.39 is 43.0 Å². The predicted octanol–water partition coefficient (Wildman–Crippen LogP) is 2.87. The van der Waals surface area contributed by atoms with Crippen molar-refractivity contribution in [3.8, 4) is 0 Å². The minimum Gasteiger partial charge on any atom is -0.478 e. The highest BCUT2D eigenvalue weighted by atomic mass is 127. The molecule has 0 bridgehead atoms. The SMILES string of the molecule is CC(C)(C)OC(=O)N1Cc2c(C(=O)O)c(I)nn2CC1C(F)(F)F. The lowest BCUT2D eigenvalue weighted by Crippen LogP contribution is -2.55. The highest BCUT2D eigenvalue weighted by molar-refractivity contribution is 14.1. The van der Waals surface area contributed by atoms with E-state index in [4.69, 9.17) is 4.74 Å². The highest BCUT2D eigenvalue weighted by Gasteiger charge is 2.50. The number of ether oxygens (including phenoxy) is 1. The van der Waals surface area contributed by atoms with Crippen molar-refractivity contribution >= 4 is 34.7 Å². The lowest BCUT2D eigenvalue weighted by Gasteiger charge is -2.37. The number of aromatic carboxylic acids is 1. The molecule has 1 aliphatic heterocycles. The number of carbonyl (C=O) groups excluding carboxylic acids is 1. The largest absolute Gasteiger partial charge is 0.478 e. The zero-order chi connectivity index (χ0) is 18.4. The monoisotopic (exact) mass is 461 g/mol. The number of carbonyl (C=O) groups is 2. The van der Waals surface area contributed by atoms with Crippen LogP contribution in [0.25, 0.3) is 0 Å². The van der Waals surface area contributed by atoms with Gasteiger partial charge in [-0.25, -0.2) is 9.59 Å². The second kappa shape index (κ2) is 6.08. The Balaban J connectivity index is 2.45. The fraction of sp³-hybridized carbons (Fsp3) is 0.615. The molecule has 1 N–H and O–H groups in total. The summed E-state index contributed by atoms with van der Waals surface area (Å²) in [4.78, 5) is 24.0. The Bertz CT molecular complexity index is 681. The Labute approximate surface area is 148 Å². The molecule has 0 aromatic carbocycles. The molecule has 0 fully saturated rings. The maximum Gasteiger partial charge on any atom is 0.411 e. The van der Waals surface area contributed by atoms with Gasteiger partial charge in [0.15, 0.2) is 6.04 Å². The van der Waals surface area contributed by atoms with E-state index in [9.17, 15) is 27.9 Å². The summed E-state index contributed by atoms with van der Waals surface area (Å²) in [5.74, 6) is -1.31. The number of hydrogen-bond donors (Lipinski definition) is 1. The number of nitrogens with zero attached hydrogens (tertiary/aromatic N) is 3. The molecule has 0 spiro atoms. The number of carboxylic acids is 1. The Morgan fingerprint density at radius 1 is 1.33 bits per heavy atom. The van der Waals surface area contributed by atoms with Crippen LogP contribution in [0.1, 0.15) is 36.8 Å². The van der Waals surface area contributed by atoms with Gasteiger partial charge in [-0.15, -0.1) is 0 Å². The molecule has 0 saturated heterocycles. The fourth-order valence-electron chi connectivity index (χ4n) is 2.31. The van der Waals surface area contributed by atoms with E-state index in [0.717, 1.165) is 4.68 Å². The molecule has 134 valence electrons. The van der Waals surface area contributed by atoms with Gasteiger partial charge in [0.2, 0.25) is 0 Å². The fourth-order valence-corrected chi connectivity index (χ4v) is 3.12. The quantitative estimate of drug-likeness (QED) is 0.651. The van der Waals surface area contributed by atoms with Crippen molar-refractivity contribution in [3.05, 3.63) is 15.0 Å². The first-order chi connectivity index (χ1) is 10.8. The molecule has 1 amide bonds. The summed E-state index contributed by atoms with van der Waals surface area (Å²) in [5, 5.41) is 13.1. The van der Waals surface area contributed by atoms with Crippen LogP contribution >= 0.6 is 22.6 Å². The van der Waals surface area contributed by atoms with Gasteiger partial charge in [-0.3, -0.25) is 9.58 Å². The van der Waals surface area contributed by atoms with E-state index in [-0.39, 0.29) is 15.0 Å². The third-order valence-electron chi connectivity index (χ3n) is 3.28. The van der Waals surface area contributed by atoms with Gasteiger partial charge in [-0.05, 0) is 43.4 Å². The van der Waals surface area contributed by atoms with E-state index in [2.05, 4.69) is 5.10 Å². The summed E-state index contributed by atoms with van der Waals surface area (Å²) >= 11 is 1.64. The third-order valence-corrected chi connectivity index (χ3v) is 4.03. The normalized spacial score (nSPS) is 18.3. The molecular weight excluding hydrogens is 446 g/mol. The van der Waals surface area contributed by atoms with Gasteiger partial charge in [-0.1, -0.05) is 0 Å². The molecule has 0 aliphatic carbocycles. The average molecular weight is 461 g/mol. The minimum atomic E-state index is -4.70. The number of halogens is 4. The summed E-state index contributed by atoms with van der Waals surface area (Å²) in [7, 11) is 0. The zero-order valence-corrected chi connectivity index (χ0v) is 15.2. The molecule has 2 heterocycles. The molecule has 1 aromatic rings. The zero-order valence-electron chi connectivity index (χ0n) is 13.0. The van der Waals surface area contributed by atoms with E-state index in [1.54, 1.807) is 22.6 Å². The number of fused-ring (bicyclic) bond motifs is 1. The molecule has 24 heavy (non-hydrogen) atoms. The maximum absolute atomic E-state index is 13.3. The lowest BCUT2D eigenvalue weighted by molar-refractivity contribution is -0.190. The van der Waals surface area contributed by atoms with Crippen molar-refractivity contribution in [2.75, 3.05) is 0 Å². The summed E-state index contributed by atoms with van der Waals surface area (Å²) in [6.45, 7) is 3.38. The van der Waals surface area contributed by atoms with Gasteiger partial charge in [0.25, 0.3) is 0 Å². The molecule has 0 radical (unpaired) electrons. The molecule has 11 heteroatoms. The van der Waals surface area contributed by atoms with Crippen LogP contribution in [-0.2, 0) is 17.8 Å². The van der Waals surface area contributed by atoms with Crippen molar-refractivity contribution in [1.82, 2.24) is 14.7 Å². The smallest absolute Gasteiger partial charge is 0.411 e. The Hall–Kier alpha value is -1.53. The molecule has 0 saturated carbocycles. The Kier molecular flexibility index (Phi) is 4.76. The Morgan fingerprint density at radius 2 is 1.92 bits per heavy atom. The van der Waals surface area contributed by atoms with Crippen LogP contribution in [-0.4, -0.2) is 49.7 Å². The van der Waals surface area contributed by atoms with Crippen LogP contribution in [0.4, 0.5) is 18.0 Å². The molecular formula is C13H15F3IN3O4. The number of rotatable bonds is 1. The molecule has 2 rings (SSSR count). The highest BCUT2D eigenvalue weighted by Crippen LogP contribution is 2.33. The predicted molar refractivity (Wildman–Crippen MR) is 83.5 cm³/mol. The van der Waals surface area contributed by atoms with Gasteiger partial charge in [-0.2, -0.15) is 18.3 Å². The number of aromatic nitrogens is 2. The molecule has 1 aliphatic rings. The van der Waals surface area contributed by atoms with Crippen LogP contribution in [0.2, 0.25) is 0 Å². The lowest BCUT2D eigenvalue weighted by atomic mass is 10.1. The van der Waals surface area contributed by atoms with E-state index in [1.165, 1.54) is 20.8 Å². The summed E-state index contributed by atoms with van der Waals surface area (Å²) in [5.41, 5.74) is -1.14. The van der Waals surface area contributed by atoms with Gasteiger partial charge in [0.05, 0.1) is 18.8 Å². The summed E-state index contributed by atoms with van der Waals surface area (Å²) in [6, 6.07) is -2.14. The van der Waals surface area contributed by atoms with Crippen LogP contribution in [0.5, 0.6) is 0 Å². The van der Waals surface area contributed by atoms with Crippen molar-refractivity contribution in [1.29, 1.82) is 0 Å². The summed E-state index contributed by atoms with van der Waals surface area (Å²) < 4.78 is 46.1. The van der Waals surface area contributed by atoms with Crippen LogP contribution in [0.15, 0.2) is 0 Å². The van der Waals surface area contributed by atoms with Gasteiger partial charge in [0, 0.05) is 0 Å². The van der Waals surface area contributed by atoms with Gasteiger partial charge >= 0.3 is 18.2 Å². The first-order valence-electron chi connectivity index (χ1n) is 6.86. The van der Waals surface area contributed by atoms with Crippen molar-refractivity contribution < 1.29 is 32.6 Å². The topological polar surface area (TPSA) is 84.7 Å². The van der Waals surface area contributed by atoms with Crippen LogP contribution < -0.4 is 0 Å². The molecule has 1 unspecified atom stereocenters. The molecule has 7 nitrogen and oxygen atoms in total. The number of hydrogen-bond acceptors (Lipinski definition) is 4. The van der Waals surface area contributed by atoms with Gasteiger partial charge in [0.1, 0.15) is 14.9 Å². The second-order valence-corrected chi connectivity index (χ2v) is 7.29. The number of alkyl halides is 3. The van der Waals surface area contributed by atoms with Crippen molar-refractivity contribution in [3.63, 3.8) is 0 Å². The average Bonchev–Trinajstić information content (AvgIpc) is 2.68. The van der Waals surface area contributed by atoms with Crippen molar-refractivity contribution in [2.24, 2.45) is 0 Å². The maximum atomic E-state index is 13.3.